The molecule has 0 radical (unpaired) electrons. The molecule has 2 aromatic heterocycles. The second kappa shape index (κ2) is 9.83. The van der Waals surface area contributed by atoms with Gasteiger partial charge in [0, 0.05) is 31.3 Å². The van der Waals surface area contributed by atoms with Gasteiger partial charge in [0.15, 0.2) is 11.8 Å². The van der Waals surface area contributed by atoms with Gasteiger partial charge in [0.1, 0.15) is 12.2 Å². The number of nitrogens with zero attached hydrogens (tertiary/aromatic N) is 6. The average molecular weight is 474 g/mol. The molecular formula is C16H27IN8O. The van der Waals surface area contributed by atoms with E-state index < -0.39 is 0 Å². The van der Waals surface area contributed by atoms with Gasteiger partial charge in [0.2, 0.25) is 5.89 Å². The van der Waals surface area contributed by atoms with Crippen LogP contribution in [0.5, 0.6) is 0 Å². The third kappa shape index (κ3) is 5.39. The van der Waals surface area contributed by atoms with Crippen LogP contribution in [0.1, 0.15) is 50.6 Å². The molecule has 2 aromatic rings. The number of hydrogen-bond donors (Lipinski definition) is 2. The molecule has 26 heavy (non-hydrogen) atoms. The number of halogens is 1. The van der Waals surface area contributed by atoms with E-state index in [1.54, 1.807) is 6.33 Å². The van der Waals surface area contributed by atoms with Gasteiger partial charge in [-0.2, -0.15) is 10.1 Å². The van der Waals surface area contributed by atoms with E-state index in [0.29, 0.717) is 24.9 Å². The van der Waals surface area contributed by atoms with E-state index in [1.165, 1.54) is 0 Å². The lowest BCUT2D eigenvalue weighted by Crippen LogP contribution is -2.47. The number of fused-ring (bicyclic) bond motifs is 1. The summed E-state index contributed by atoms with van der Waals surface area (Å²) in [5, 5.41) is 15.0. The molecule has 0 aliphatic carbocycles. The largest absolute Gasteiger partial charge is 0.357 e. The molecule has 1 aliphatic heterocycles. The third-order valence-electron chi connectivity index (χ3n) is 4.09. The van der Waals surface area contributed by atoms with Crippen molar-refractivity contribution >= 4 is 29.9 Å². The molecule has 0 amide bonds. The van der Waals surface area contributed by atoms with E-state index in [9.17, 15) is 0 Å². The molecule has 1 aliphatic rings. The van der Waals surface area contributed by atoms with Crippen molar-refractivity contribution in [1.82, 2.24) is 35.5 Å². The summed E-state index contributed by atoms with van der Waals surface area (Å²) in [4.78, 5) is 13.3. The second-order valence-electron chi connectivity index (χ2n) is 6.45. The molecule has 10 heteroatoms. The molecule has 0 fully saturated rings. The van der Waals surface area contributed by atoms with Crippen molar-refractivity contribution in [2.24, 2.45) is 4.99 Å². The maximum atomic E-state index is 5.26. The fourth-order valence-electron chi connectivity index (χ4n) is 2.74. The zero-order chi connectivity index (χ0) is 17.6. The Bertz CT molecular complexity index is 711. The average Bonchev–Trinajstić information content (AvgIpc) is 3.23. The summed E-state index contributed by atoms with van der Waals surface area (Å²) in [6.45, 7) is 8.36. The number of hydrogen-bond acceptors (Lipinski definition) is 6. The molecule has 0 saturated heterocycles. The Hall–Kier alpha value is -1.72. The lowest BCUT2D eigenvalue weighted by molar-refractivity contribution is 0.372. The first-order chi connectivity index (χ1) is 12.2. The summed E-state index contributed by atoms with van der Waals surface area (Å²) < 4.78 is 7.21. The molecule has 144 valence electrons. The SMILES string of the molecule is CCNC(=NCCc1nc(C(C)C)no1)NC1CCc2ncnn2C1.I. The number of nitrogens with one attached hydrogen (secondary N) is 2. The zero-order valence-electron chi connectivity index (χ0n) is 15.5. The van der Waals surface area contributed by atoms with Crippen LogP contribution in [0.25, 0.3) is 0 Å². The van der Waals surface area contributed by atoms with E-state index in [-0.39, 0.29) is 29.9 Å². The molecule has 0 bridgehead atoms. The smallest absolute Gasteiger partial charge is 0.228 e. The van der Waals surface area contributed by atoms with Crippen LogP contribution in [0.4, 0.5) is 0 Å². The van der Waals surface area contributed by atoms with Crippen LogP contribution in [0.15, 0.2) is 15.8 Å². The number of rotatable bonds is 6. The first-order valence-electron chi connectivity index (χ1n) is 8.89. The summed E-state index contributed by atoms with van der Waals surface area (Å²) in [6.07, 6.45) is 4.20. The van der Waals surface area contributed by atoms with Crippen molar-refractivity contribution in [3.05, 3.63) is 23.9 Å². The first kappa shape index (κ1) is 20.6. The Morgan fingerprint density at radius 1 is 1.46 bits per heavy atom. The lowest BCUT2D eigenvalue weighted by atomic mass is 10.1. The minimum atomic E-state index is 0. The van der Waals surface area contributed by atoms with Gasteiger partial charge in [0.05, 0.1) is 13.1 Å². The minimum absolute atomic E-state index is 0. The van der Waals surface area contributed by atoms with Gasteiger partial charge >= 0.3 is 0 Å². The molecule has 0 spiro atoms. The molecule has 9 nitrogen and oxygen atoms in total. The zero-order valence-corrected chi connectivity index (χ0v) is 17.8. The molecule has 1 unspecified atom stereocenters. The fraction of sp³-hybridized carbons (Fsp3) is 0.688. The number of aryl methyl sites for hydroxylation is 1. The van der Waals surface area contributed by atoms with Crippen molar-refractivity contribution in [3.63, 3.8) is 0 Å². The Morgan fingerprint density at radius 3 is 3.04 bits per heavy atom. The lowest BCUT2D eigenvalue weighted by Gasteiger charge is -2.25. The summed E-state index contributed by atoms with van der Waals surface area (Å²) in [5.41, 5.74) is 0. The normalized spacial score (nSPS) is 16.9. The topological polar surface area (TPSA) is 106 Å². The predicted molar refractivity (Wildman–Crippen MR) is 109 cm³/mol. The Balaban J connectivity index is 0.00000243. The monoisotopic (exact) mass is 474 g/mol. The molecule has 0 aromatic carbocycles. The van der Waals surface area contributed by atoms with Gasteiger partial charge in [-0.05, 0) is 13.3 Å². The maximum absolute atomic E-state index is 5.26. The maximum Gasteiger partial charge on any atom is 0.228 e. The minimum Gasteiger partial charge on any atom is -0.357 e. The van der Waals surface area contributed by atoms with Gasteiger partial charge in [0.25, 0.3) is 0 Å². The van der Waals surface area contributed by atoms with Crippen LogP contribution in [-0.2, 0) is 19.4 Å². The first-order valence-corrected chi connectivity index (χ1v) is 8.89. The Kier molecular flexibility index (Phi) is 7.79. The quantitative estimate of drug-likeness (QED) is 0.372. The van der Waals surface area contributed by atoms with E-state index in [0.717, 1.165) is 43.5 Å². The highest BCUT2D eigenvalue weighted by atomic mass is 127. The summed E-state index contributed by atoms with van der Waals surface area (Å²) in [5.74, 6) is 3.51. The Morgan fingerprint density at radius 2 is 2.31 bits per heavy atom. The fourth-order valence-corrected chi connectivity index (χ4v) is 2.74. The van der Waals surface area contributed by atoms with Crippen molar-refractivity contribution < 1.29 is 4.52 Å². The van der Waals surface area contributed by atoms with Crippen molar-refractivity contribution in [3.8, 4) is 0 Å². The van der Waals surface area contributed by atoms with Crippen LogP contribution in [-0.4, -0.2) is 50.0 Å². The van der Waals surface area contributed by atoms with E-state index in [4.69, 9.17) is 4.52 Å². The third-order valence-corrected chi connectivity index (χ3v) is 4.09. The van der Waals surface area contributed by atoms with E-state index >= 15 is 0 Å². The molecule has 3 heterocycles. The van der Waals surface area contributed by atoms with Crippen molar-refractivity contribution in [1.29, 1.82) is 0 Å². The van der Waals surface area contributed by atoms with Gasteiger partial charge in [-0.3, -0.25) is 4.99 Å². The standard InChI is InChI=1S/C16H26N8O.HI/c1-4-17-16(18-8-7-14-22-15(11(2)3)23-25-14)21-12-5-6-13-19-10-20-24(13)9-12;/h10-12H,4-9H2,1-3H3,(H2,17,18,21);1H. The van der Waals surface area contributed by atoms with E-state index in [2.05, 4.69) is 42.8 Å². The van der Waals surface area contributed by atoms with Crippen molar-refractivity contribution in [2.45, 2.75) is 58.5 Å². The number of guanidine groups is 1. The highest BCUT2D eigenvalue weighted by Crippen LogP contribution is 2.11. The van der Waals surface area contributed by atoms with Gasteiger partial charge in [-0.1, -0.05) is 19.0 Å². The van der Waals surface area contributed by atoms with Crippen LogP contribution < -0.4 is 10.6 Å². The van der Waals surface area contributed by atoms with Gasteiger partial charge in [-0.15, -0.1) is 24.0 Å². The molecular weight excluding hydrogens is 447 g/mol. The predicted octanol–water partition coefficient (Wildman–Crippen LogP) is 1.52. The molecule has 0 saturated carbocycles. The molecule has 3 rings (SSSR count). The number of aliphatic imine (C=N–C) groups is 1. The van der Waals surface area contributed by atoms with Crippen LogP contribution in [0.3, 0.4) is 0 Å². The molecule has 1 atom stereocenters. The van der Waals surface area contributed by atoms with Crippen LogP contribution >= 0.6 is 24.0 Å². The highest BCUT2D eigenvalue weighted by molar-refractivity contribution is 14.0. The second-order valence-corrected chi connectivity index (χ2v) is 6.45. The van der Waals surface area contributed by atoms with Gasteiger partial charge in [-0.25, -0.2) is 9.67 Å². The molecule has 2 N–H and O–H groups in total. The number of aromatic nitrogens is 5. The van der Waals surface area contributed by atoms with Crippen molar-refractivity contribution in [2.75, 3.05) is 13.1 Å². The highest BCUT2D eigenvalue weighted by Gasteiger charge is 2.20. The van der Waals surface area contributed by atoms with Crippen LogP contribution in [0, 0.1) is 0 Å². The summed E-state index contributed by atoms with van der Waals surface area (Å²) >= 11 is 0. The van der Waals surface area contributed by atoms with Crippen LogP contribution in [0.2, 0.25) is 0 Å². The van der Waals surface area contributed by atoms with E-state index in [1.807, 2.05) is 18.5 Å². The van der Waals surface area contributed by atoms with Gasteiger partial charge < -0.3 is 15.2 Å². The summed E-state index contributed by atoms with van der Waals surface area (Å²) in [7, 11) is 0. The summed E-state index contributed by atoms with van der Waals surface area (Å²) in [6, 6.07) is 0.294. The Labute approximate surface area is 170 Å².